The van der Waals surface area contributed by atoms with E-state index in [9.17, 15) is 0 Å². The van der Waals surface area contributed by atoms with E-state index in [-0.39, 0.29) is 0 Å². The van der Waals surface area contributed by atoms with Crippen LogP contribution < -0.4 is 0 Å². The van der Waals surface area contributed by atoms with Crippen LogP contribution in [-0.4, -0.2) is 10.1 Å². The van der Waals surface area contributed by atoms with Crippen LogP contribution in [0.5, 0.6) is 0 Å². The molecule has 2 radical (unpaired) electrons. The van der Waals surface area contributed by atoms with Crippen molar-refractivity contribution in [2.75, 3.05) is 0 Å². The van der Waals surface area contributed by atoms with Gasteiger partial charge in [0.2, 0.25) is 0 Å². The van der Waals surface area contributed by atoms with Gasteiger partial charge in [-0.25, -0.2) is 0 Å². The third-order valence-electron chi connectivity index (χ3n) is 0. The quantitative estimate of drug-likeness (QED) is 0.372. The Morgan fingerprint density at radius 2 is 1.17 bits per heavy atom. The van der Waals surface area contributed by atoms with Gasteiger partial charge in [0.15, 0.2) is 0 Å². The monoisotopic (exact) mass is 167 g/mol. The van der Waals surface area contributed by atoms with Gasteiger partial charge in [0.05, 0.1) is 0 Å². The first-order valence-electron chi connectivity index (χ1n) is 0.544. The van der Waals surface area contributed by atoms with Gasteiger partial charge in [-0.15, -0.1) is 0 Å². The summed E-state index contributed by atoms with van der Waals surface area (Å²) in [5, 5.41) is 0. The predicted molar refractivity (Wildman–Crippen MR) is 16.1 cm³/mol. The first-order chi connectivity index (χ1) is 3.00. The summed E-state index contributed by atoms with van der Waals surface area (Å²) in [6.07, 6.45) is 0. The van der Waals surface area contributed by atoms with Crippen molar-refractivity contribution < 1.29 is 28.6 Å². The molecule has 0 heterocycles. The number of rotatable bonds is 0. The molecule has 0 saturated carbocycles. The molecule has 37 valence electrons. The van der Waals surface area contributed by atoms with E-state index in [4.69, 9.17) is 12.9 Å². The first-order valence-corrected chi connectivity index (χ1v) is 1.79. The number of hydrogen-bond acceptors (Lipinski definition) is 3. The molecule has 3 nitrogen and oxygen atoms in total. The van der Waals surface area contributed by atoms with Gasteiger partial charge in [-0.05, 0) is 0 Å². The van der Waals surface area contributed by atoms with E-state index in [1.807, 2.05) is 0 Å². The zero-order chi connectivity index (χ0) is 6.00. The van der Waals surface area contributed by atoms with E-state index in [1.54, 1.807) is 19.2 Å². The molecular formula is HCoO3PSi. The molecule has 0 aliphatic rings. The topological polar surface area (TPSA) is 51.2 Å². The van der Waals surface area contributed by atoms with Crippen molar-refractivity contribution in [1.29, 1.82) is 0 Å². The van der Waals surface area contributed by atoms with E-state index < -0.39 is 0 Å². The van der Waals surface area contributed by atoms with Gasteiger partial charge in [0.1, 0.15) is 9.12 Å². The summed E-state index contributed by atoms with van der Waals surface area (Å²) >= 11 is 2.31. The second kappa shape index (κ2) is 592. The Kier molecular flexibility index (Phi) is 1590. The summed E-state index contributed by atoms with van der Waals surface area (Å²) in [6.45, 7) is 0. The molecule has 0 amide bonds. The van der Waals surface area contributed by atoms with Crippen molar-refractivity contribution in [2.45, 2.75) is 0 Å². The molecule has 6 heteroatoms. The Balaban J connectivity index is -0.0000000225. The van der Waals surface area contributed by atoms with E-state index in [1.165, 1.54) is 0 Å². The molecular weight excluding hydrogens is 166 g/mol. The Bertz CT molecular complexity index is 15.5. The van der Waals surface area contributed by atoms with Crippen LogP contribution in [-0.2, 0) is 28.6 Å². The number of hydrogen-bond donors (Lipinski definition) is 0. The fraction of sp³-hybridized carbons (Fsp3) is 0. The van der Waals surface area contributed by atoms with E-state index in [2.05, 4.69) is 15.7 Å². The fourth-order valence-corrected chi connectivity index (χ4v) is 0. The molecule has 0 bridgehead atoms. The average molecular weight is 167 g/mol. The normalized spacial score (nSPS) is 2.17. The van der Waals surface area contributed by atoms with E-state index in [0.717, 1.165) is 0 Å². The van der Waals surface area contributed by atoms with Gasteiger partial charge in [-0.3, -0.25) is 4.57 Å². The molecule has 0 unspecified atom stereocenters. The van der Waals surface area contributed by atoms with E-state index in [0.29, 0.717) is 0 Å². The Labute approximate surface area is 48.4 Å². The molecule has 0 spiro atoms. The maximum absolute atomic E-state index is 8.06. The molecule has 0 atom stereocenters. The van der Waals surface area contributed by atoms with Gasteiger partial charge in [-0.2, -0.15) is 0 Å². The summed E-state index contributed by atoms with van der Waals surface area (Å²) < 4.78 is 24.0. The van der Waals surface area contributed by atoms with Crippen LogP contribution in [0.1, 0.15) is 0 Å². The first kappa shape index (κ1) is 16.1. The summed E-state index contributed by atoms with van der Waals surface area (Å²) in [4.78, 5) is 0. The van der Waals surface area contributed by atoms with Crippen LogP contribution in [0.25, 0.3) is 0 Å². The Morgan fingerprint density at radius 1 is 1.17 bits per heavy atom. The molecule has 0 aromatic heterocycles. The van der Waals surface area contributed by atoms with Crippen molar-refractivity contribution >= 4 is 19.2 Å². The van der Waals surface area contributed by atoms with Crippen molar-refractivity contribution in [3.63, 3.8) is 0 Å². The molecule has 0 aromatic carbocycles. The molecule has 0 aromatic rings. The van der Waals surface area contributed by atoms with Crippen LogP contribution in [0.2, 0.25) is 0 Å². The van der Waals surface area contributed by atoms with Crippen molar-refractivity contribution in [2.24, 2.45) is 0 Å². The molecule has 0 rings (SSSR count). The van der Waals surface area contributed by atoms with Crippen LogP contribution in [0.3, 0.4) is 0 Å². The molecule has 0 aliphatic heterocycles. The average Bonchev–Trinajstić information content (AvgIpc) is 1.81. The fourth-order valence-electron chi connectivity index (χ4n) is 0. The second-order valence-corrected chi connectivity index (χ2v) is 0. The summed E-state index contributed by atoms with van der Waals surface area (Å²) in [5.41, 5.74) is 0. The molecule has 0 N–H and O–H groups in total. The summed E-state index contributed by atoms with van der Waals surface area (Å²) in [5.74, 6) is 0. The second-order valence-electron chi connectivity index (χ2n) is 0. The standard InChI is InChI=1S/Co.HOP.OSi.O/c;2*1-2;/h;2H;;. The van der Waals surface area contributed by atoms with Crippen molar-refractivity contribution in [3.8, 4) is 0 Å². The van der Waals surface area contributed by atoms with Gasteiger partial charge < -0.3 is 4.46 Å². The van der Waals surface area contributed by atoms with E-state index >= 15 is 0 Å². The molecule has 6 heavy (non-hydrogen) atoms. The molecule has 0 fully saturated rings. The Hall–Kier alpha value is 0.423. The van der Waals surface area contributed by atoms with Gasteiger partial charge in [-0.1, -0.05) is 0 Å². The zero-order valence-electron chi connectivity index (χ0n) is 2.56. The molecule has 0 aliphatic carbocycles. The van der Waals surface area contributed by atoms with Crippen LogP contribution in [0.15, 0.2) is 0 Å². The summed E-state index contributed by atoms with van der Waals surface area (Å²) in [7, 11) is 3.44. The Morgan fingerprint density at radius 3 is 1.17 bits per heavy atom. The summed E-state index contributed by atoms with van der Waals surface area (Å²) in [6, 6.07) is 0. The third kappa shape index (κ3) is 289. The SMILES string of the molecule is O=P.O=[Si].[O]=[Co]. The van der Waals surface area contributed by atoms with Gasteiger partial charge >= 0.3 is 29.7 Å². The minimum atomic E-state index is 1.72. The third-order valence-corrected chi connectivity index (χ3v) is 0. The van der Waals surface area contributed by atoms with Crippen LogP contribution >= 0.6 is 9.12 Å². The van der Waals surface area contributed by atoms with Crippen molar-refractivity contribution in [1.82, 2.24) is 0 Å². The van der Waals surface area contributed by atoms with Gasteiger partial charge in [0.25, 0.3) is 0 Å². The minimum absolute atomic E-state index is 1.72. The van der Waals surface area contributed by atoms with Crippen LogP contribution in [0, 0.1) is 0 Å². The van der Waals surface area contributed by atoms with Crippen LogP contribution in [0.4, 0.5) is 0 Å². The predicted octanol–water partition coefficient (Wildman–Crippen LogP) is -0.146. The van der Waals surface area contributed by atoms with Crippen molar-refractivity contribution in [3.05, 3.63) is 0 Å². The maximum atomic E-state index is 8.06. The zero-order valence-corrected chi connectivity index (χ0v) is 5.60. The van der Waals surface area contributed by atoms with Gasteiger partial charge in [0, 0.05) is 0 Å². The molecule has 0 saturated heterocycles.